The van der Waals surface area contributed by atoms with Gasteiger partial charge in [-0.1, -0.05) is 0 Å². The van der Waals surface area contributed by atoms with Crippen LogP contribution in [0.2, 0.25) is 0 Å². The number of aliphatic carboxylic acids is 1. The fourth-order valence-electron chi connectivity index (χ4n) is 3.14. The van der Waals surface area contributed by atoms with Crippen molar-refractivity contribution in [3.05, 3.63) is 18.2 Å². The molecule has 1 aromatic rings. The first kappa shape index (κ1) is 28.0. The van der Waals surface area contributed by atoms with E-state index in [0.717, 1.165) is 0 Å². The third-order valence-electron chi connectivity index (χ3n) is 4.96. The SMILES string of the molecule is NCCCCC(NC(=O)C(Cc1cnc[nH]1)NC(=O)C(CCCCN)NC(=O)CN)C(=O)O. The van der Waals surface area contributed by atoms with E-state index >= 15 is 0 Å². The molecule has 0 aromatic carbocycles. The Bertz CT molecular complexity index is 743. The number of H-pyrrole nitrogens is 1. The van der Waals surface area contributed by atoms with Crippen molar-refractivity contribution in [3.63, 3.8) is 0 Å². The van der Waals surface area contributed by atoms with Crippen molar-refractivity contribution in [2.45, 2.75) is 63.1 Å². The van der Waals surface area contributed by atoms with Crippen molar-refractivity contribution in [1.29, 1.82) is 0 Å². The van der Waals surface area contributed by atoms with Crippen molar-refractivity contribution >= 4 is 23.7 Å². The zero-order valence-corrected chi connectivity index (χ0v) is 18.7. The minimum absolute atomic E-state index is 0.0487. The molecule has 3 unspecified atom stereocenters. The lowest BCUT2D eigenvalue weighted by Gasteiger charge is -2.24. The van der Waals surface area contributed by atoms with Gasteiger partial charge in [-0.3, -0.25) is 14.4 Å². The van der Waals surface area contributed by atoms with Crippen LogP contribution in [0.5, 0.6) is 0 Å². The number of imidazole rings is 1. The maximum Gasteiger partial charge on any atom is 0.326 e. The molecule has 0 radical (unpaired) electrons. The molecule has 3 amide bonds. The summed E-state index contributed by atoms with van der Waals surface area (Å²) in [4.78, 5) is 56.0. The molecule has 0 bridgehead atoms. The Balaban J connectivity index is 2.95. The predicted molar refractivity (Wildman–Crippen MR) is 121 cm³/mol. The summed E-state index contributed by atoms with van der Waals surface area (Å²) in [5.74, 6) is -2.93. The summed E-state index contributed by atoms with van der Waals surface area (Å²) in [5.41, 5.74) is 16.9. The monoisotopic (exact) mass is 468 g/mol. The van der Waals surface area contributed by atoms with Gasteiger partial charge in [-0.15, -0.1) is 0 Å². The molecule has 11 N–H and O–H groups in total. The van der Waals surface area contributed by atoms with Crippen LogP contribution in [0.3, 0.4) is 0 Å². The summed E-state index contributed by atoms with van der Waals surface area (Å²) in [6.07, 6.45) is 5.88. The maximum atomic E-state index is 12.9. The van der Waals surface area contributed by atoms with Crippen LogP contribution in [-0.4, -0.2) is 76.5 Å². The molecule has 0 fully saturated rings. The van der Waals surface area contributed by atoms with Crippen molar-refractivity contribution < 1.29 is 24.3 Å². The number of carbonyl (C=O) groups is 4. The van der Waals surface area contributed by atoms with Gasteiger partial charge in [-0.2, -0.15) is 0 Å². The molecule has 13 heteroatoms. The fraction of sp³-hybridized carbons (Fsp3) is 0.650. The second kappa shape index (κ2) is 15.7. The Hall–Kier alpha value is -3.03. The Kier molecular flexibility index (Phi) is 13.3. The molecule has 1 aromatic heterocycles. The van der Waals surface area contributed by atoms with Crippen LogP contribution >= 0.6 is 0 Å². The Morgan fingerprint density at radius 1 is 0.879 bits per heavy atom. The molecular formula is C20H36N8O5. The van der Waals surface area contributed by atoms with Gasteiger partial charge in [0, 0.05) is 18.3 Å². The first-order valence-electron chi connectivity index (χ1n) is 11.0. The van der Waals surface area contributed by atoms with Crippen LogP contribution in [0.25, 0.3) is 0 Å². The summed E-state index contributed by atoms with van der Waals surface area (Å²) in [6, 6.07) is -3.13. The van der Waals surface area contributed by atoms with Crippen molar-refractivity contribution in [2.24, 2.45) is 17.2 Å². The third kappa shape index (κ3) is 10.9. The molecule has 0 saturated carbocycles. The van der Waals surface area contributed by atoms with E-state index in [2.05, 4.69) is 25.9 Å². The van der Waals surface area contributed by atoms with Gasteiger partial charge in [-0.05, 0) is 51.6 Å². The molecule has 0 saturated heterocycles. The van der Waals surface area contributed by atoms with Crippen LogP contribution in [0, 0.1) is 0 Å². The molecule has 33 heavy (non-hydrogen) atoms. The molecule has 1 rings (SSSR count). The number of aromatic nitrogens is 2. The van der Waals surface area contributed by atoms with Gasteiger partial charge in [0.05, 0.1) is 12.9 Å². The van der Waals surface area contributed by atoms with Gasteiger partial charge in [0.2, 0.25) is 17.7 Å². The largest absolute Gasteiger partial charge is 0.480 e. The number of nitrogens with zero attached hydrogens (tertiary/aromatic N) is 1. The zero-order chi connectivity index (χ0) is 24.6. The van der Waals surface area contributed by atoms with Gasteiger partial charge in [0.25, 0.3) is 0 Å². The smallest absolute Gasteiger partial charge is 0.326 e. The first-order valence-corrected chi connectivity index (χ1v) is 11.0. The van der Waals surface area contributed by atoms with E-state index in [0.29, 0.717) is 50.9 Å². The van der Waals surface area contributed by atoms with Crippen molar-refractivity contribution in [2.75, 3.05) is 19.6 Å². The van der Waals surface area contributed by atoms with Crippen LogP contribution in [0.1, 0.15) is 44.2 Å². The lowest BCUT2D eigenvalue weighted by molar-refractivity contribution is -0.142. The van der Waals surface area contributed by atoms with E-state index in [1.54, 1.807) is 0 Å². The number of amides is 3. The van der Waals surface area contributed by atoms with Crippen molar-refractivity contribution in [3.8, 4) is 0 Å². The normalized spacial score (nSPS) is 13.5. The average Bonchev–Trinajstić information content (AvgIpc) is 3.30. The van der Waals surface area contributed by atoms with E-state index < -0.39 is 41.8 Å². The van der Waals surface area contributed by atoms with Gasteiger partial charge in [-0.25, -0.2) is 9.78 Å². The van der Waals surface area contributed by atoms with Gasteiger partial charge < -0.3 is 43.2 Å². The fourth-order valence-corrected chi connectivity index (χ4v) is 3.14. The Morgan fingerprint density at radius 2 is 1.45 bits per heavy atom. The number of carboxylic acid groups (broad SMARTS) is 1. The second-order valence-electron chi connectivity index (χ2n) is 7.63. The number of carboxylic acids is 1. The van der Waals surface area contributed by atoms with Gasteiger partial charge in [0.15, 0.2) is 0 Å². The summed E-state index contributed by atoms with van der Waals surface area (Å²) < 4.78 is 0. The molecular weight excluding hydrogens is 432 g/mol. The van der Waals surface area contributed by atoms with Crippen LogP contribution in [0.4, 0.5) is 0 Å². The number of hydrogen-bond donors (Lipinski definition) is 8. The van der Waals surface area contributed by atoms with Crippen LogP contribution < -0.4 is 33.2 Å². The summed E-state index contributed by atoms with van der Waals surface area (Å²) in [6.45, 7) is 0.561. The number of nitrogens with two attached hydrogens (primary N) is 3. The molecule has 1 heterocycles. The second-order valence-corrected chi connectivity index (χ2v) is 7.63. The summed E-state index contributed by atoms with van der Waals surface area (Å²) >= 11 is 0. The lowest BCUT2D eigenvalue weighted by atomic mass is 10.1. The topological polar surface area (TPSA) is 231 Å². The van der Waals surface area contributed by atoms with E-state index in [1.165, 1.54) is 12.5 Å². The van der Waals surface area contributed by atoms with E-state index in [9.17, 15) is 24.3 Å². The molecule has 0 aliphatic carbocycles. The molecule has 3 atom stereocenters. The molecule has 13 nitrogen and oxygen atoms in total. The number of hydrogen-bond acceptors (Lipinski definition) is 8. The zero-order valence-electron chi connectivity index (χ0n) is 18.7. The third-order valence-corrected chi connectivity index (χ3v) is 4.96. The maximum absolute atomic E-state index is 12.9. The molecule has 0 spiro atoms. The highest BCUT2D eigenvalue weighted by Gasteiger charge is 2.29. The van der Waals surface area contributed by atoms with Crippen molar-refractivity contribution in [1.82, 2.24) is 25.9 Å². The lowest BCUT2D eigenvalue weighted by Crippen LogP contribution is -2.56. The van der Waals surface area contributed by atoms with Crippen LogP contribution in [-0.2, 0) is 25.6 Å². The molecule has 0 aliphatic heterocycles. The van der Waals surface area contributed by atoms with Gasteiger partial charge in [0.1, 0.15) is 18.1 Å². The highest BCUT2D eigenvalue weighted by atomic mass is 16.4. The number of rotatable bonds is 17. The number of aromatic amines is 1. The number of unbranched alkanes of at least 4 members (excludes halogenated alkanes) is 2. The summed E-state index contributed by atoms with van der Waals surface area (Å²) in [7, 11) is 0. The number of carbonyl (C=O) groups excluding carboxylic acids is 3. The van der Waals surface area contributed by atoms with E-state index in [1.807, 2.05) is 0 Å². The first-order chi connectivity index (χ1) is 15.8. The highest BCUT2D eigenvalue weighted by Crippen LogP contribution is 2.06. The Labute approximate surface area is 192 Å². The number of nitrogens with one attached hydrogen (secondary N) is 4. The molecule has 0 aliphatic rings. The minimum atomic E-state index is -1.18. The minimum Gasteiger partial charge on any atom is -0.480 e. The van der Waals surface area contributed by atoms with Crippen LogP contribution in [0.15, 0.2) is 12.5 Å². The quantitative estimate of drug-likeness (QED) is 0.115. The standard InChI is InChI=1S/C20H36N8O5/c21-7-3-1-5-14(26-17(29)10-23)18(30)28-16(9-13-11-24-12-25-13)19(31)27-15(20(32)33)6-2-4-8-22/h11-12,14-16H,1-10,21-23H2,(H,24,25)(H,26,29)(H,27,31)(H,28,30)(H,32,33). The van der Waals surface area contributed by atoms with E-state index in [-0.39, 0.29) is 19.4 Å². The average molecular weight is 469 g/mol. The van der Waals surface area contributed by atoms with Gasteiger partial charge >= 0.3 is 5.97 Å². The summed E-state index contributed by atoms with van der Waals surface area (Å²) in [5, 5.41) is 17.1. The van der Waals surface area contributed by atoms with E-state index in [4.69, 9.17) is 17.2 Å². The molecule has 186 valence electrons. The predicted octanol–water partition coefficient (Wildman–Crippen LogP) is -2.29. The Morgan fingerprint density at radius 3 is 1.97 bits per heavy atom. The highest BCUT2D eigenvalue weighted by molar-refractivity contribution is 5.93.